The third-order valence-electron chi connectivity index (χ3n) is 4.36. The molecule has 0 spiro atoms. The van der Waals surface area contributed by atoms with Crippen LogP contribution in [-0.2, 0) is 12.8 Å². The molecule has 1 saturated heterocycles. The smallest absolute Gasteiger partial charge is 0.122 e. The third-order valence-corrected chi connectivity index (χ3v) is 4.36. The molecule has 1 fully saturated rings. The van der Waals surface area contributed by atoms with Gasteiger partial charge >= 0.3 is 0 Å². The lowest BCUT2D eigenvalue weighted by Gasteiger charge is -2.32. The second-order valence-electron chi connectivity index (χ2n) is 5.74. The minimum atomic E-state index is 0.866. The number of hydrogen-bond acceptors (Lipinski definition) is 3. The van der Waals surface area contributed by atoms with E-state index in [0.29, 0.717) is 0 Å². The lowest BCUT2D eigenvalue weighted by molar-refractivity contribution is 0.153. The molecule has 2 aliphatic heterocycles. The molecular formula is C16H24N2O. The fourth-order valence-electron chi connectivity index (χ4n) is 3.09. The molecule has 0 atom stereocenters. The molecule has 104 valence electrons. The molecule has 19 heavy (non-hydrogen) atoms. The Labute approximate surface area is 116 Å². The maximum Gasteiger partial charge on any atom is 0.122 e. The van der Waals surface area contributed by atoms with E-state index < -0.39 is 0 Å². The van der Waals surface area contributed by atoms with Crippen LogP contribution in [0.3, 0.4) is 0 Å². The van der Waals surface area contributed by atoms with Crippen molar-refractivity contribution in [3.05, 3.63) is 29.3 Å². The molecular weight excluding hydrogens is 236 g/mol. The molecule has 0 amide bonds. The van der Waals surface area contributed by atoms with Crippen LogP contribution >= 0.6 is 0 Å². The predicted molar refractivity (Wildman–Crippen MR) is 77.9 cm³/mol. The summed E-state index contributed by atoms with van der Waals surface area (Å²) in [5.41, 5.74) is 2.96. The summed E-state index contributed by atoms with van der Waals surface area (Å²) in [5.74, 6) is 1.12. The van der Waals surface area contributed by atoms with Crippen LogP contribution in [0.15, 0.2) is 18.2 Å². The number of nitrogens with zero attached hydrogens (tertiary/aromatic N) is 2. The van der Waals surface area contributed by atoms with E-state index >= 15 is 0 Å². The van der Waals surface area contributed by atoms with Crippen molar-refractivity contribution in [1.82, 2.24) is 9.80 Å². The van der Waals surface area contributed by atoms with Crippen molar-refractivity contribution in [2.24, 2.45) is 0 Å². The molecule has 0 N–H and O–H groups in total. The number of fused-ring (bicyclic) bond motifs is 1. The standard InChI is InChI=1S/C16H24N2O/c1-17-9-11-18(12-10-17)8-3-5-14-4-2-6-16-15(14)7-13-19-16/h2,4,6H,3,5,7-13H2,1H3. The molecule has 0 bridgehead atoms. The maximum absolute atomic E-state index is 5.63. The highest BCUT2D eigenvalue weighted by atomic mass is 16.5. The zero-order valence-corrected chi connectivity index (χ0v) is 11.9. The van der Waals surface area contributed by atoms with Crippen molar-refractivity contribution in [2.75, 3.05) is 46.4 Å². The monoisotopic (exact) mass is 260 g/mol. The maximum atomic E-state index is 5.63. The molecule has 3 rings (SSSR count). The van der Waals surface area contributed by atoms with Gasteiger partial charge in [0.1, 0.15) is 5.75 Å². The SMILES string of the molecule is CN1CCN(CCCc2cccc3c2CCO3)CC1. The second kappa shape index (κ2) is 5.93. The van der Waals surface area contributed by atoms with E-state index in [1.807, 2.05) is 0 Å². The van der Waals surface area contributed by atoms with E-state index in [1.165, 1.54) is 56.7 Å². The number of rotatable bonds is 4. The number of hydrogen-bond donors (Lipinski definition) is 0. The molecule has 1 aromatic rings. The van der Waals surface area contributed by atoms with Crippen molar-refractivity contribution in [2.45, 2.75) is 19.3 Å². The van der Waals surface area contributed by atoms with Crippen LogP contribution in [0.4, 0.5) is 0 Å². The van der Waals surface area contributed by atoms with Gasteiger partial charge in [0.15, 0.2) is 0 Å². The van der Waals surface area contributed by atoms with Crippen LogP contribution < -0.4 is 4.74 Å². The summed E-state index contributed by atoms with van der Waals surface area (Å²) in [4.78, 5) is 5.01. The number of ether oxygens (including phenoxy) is 1. The van der Waals surface area contributed by atoms with Crippen molar-refractivity contribution in [3.8, 4) is 5.75 Å². The zero-order chi connectivity index (χ0) is 13.1. The second-order valence-corrected chi connectivity index (χ2v) is 5.74. The lowest BCUT2D eigenvalue weighted by Crippen LogP contribution is -2.44. The molecule has 2 aliphatic rings. The summed E-state index contributed by atoms with van der Waals surface area (Å²) in [6, 6.07) is 6.51. The van der Waals surface area contributed by atoms with E-state index in [-0.39, 0.29) is 0 Å². The van der Waals surface area contributed by atoms with E-state index in [0.717, 1.165) is 18.8 Å². The van der Waals surface area contributed by atoms with E-state index in [9.17, 15) is 0 Å². The van der Waals surface area contributed by atoms with Gasteiger partial charge in [-0.3, -0.25) is 0 Å². The third kappa shape index (κ3) is 3.10. The molecule has 0 aliphatic carbocycles. The van der Waals surface area contributed by atoms with Crippen molar-refractivity contribution >= 4 is 0 Å². The van der Waals surface area contributed by atoms with Crippen LogP contribution in [0.2, 0.25) is 0 Å². The van der Waals surface area contributed by atoms with Gasteiger partial charge < -0.3 is 14.5 Å². The summed E-state index contributed by atoms with van der Waals surface area (Å²) in [5, 5.41) is 0. The van der Waals surface area contributed by atoms with Gasteiger partial charge in [-0.2, -0.15) is 0 Å². The highest BCUT2D eigenvalue weighted by molar-refractivity contribution is 5.42. The van der Waals surface area contributed by atoms with Crippen molar-refractivity contribution in [1.29, 1.82) is 0 Å². The van der Waals surface area contributed by atoms with E-state index in [4.69, 9.17) is 4.74 Å². The Balaban J connectivity index is 1.49. The summed E-state index contributed by atoms with van der Waals surface area (Å²) in [6.07, 6.45) is 3.55. The Morgan fingerprint density at radius 2 is 2.00 bits per heavy atom. The first-order valence-electron chi connectivity index (χ1n) is 7.47. The first-order chi connectivity index (χ1) is 9.33. The fraction of sp³-hybridized carbons (Fsp3) is 0.625. The highest BCUT2D eigenvalue weighted by Gasteiger charge is 2.16. The largest absolute Gasteiger partial charge is 0.493 e. The molecule has 3 nitrogen and oxygen atoms in total. The Hall–Kier alpha value is -1.06. The van der Waals surface area contributed by atoms with Gasteiger partial charge in [0.25, 0.3) is 0 Å². The van der Waals surface area contributed by atoms with Crippen LogP contribution in [0, 0.1) is 0 Å². The Kier molecular flexibility index (Phi) is 4.04. The molecule has 0 aromatic heterocycles. The van der Waals surface area contributed by atoms with Crippen LogP contribution in [0.5, 0.6) is 5.75 Å². The quantitative estimate of drug-likeness (QED) is 0.821. The van der Waals surface area contributed by atoms with Gasteiger partial charge in [-0.15, -0.1) is 0 Å². The Morgan fingerprint density at radius 1 is 1.16 bits per heavy atom. The average Bonchev–Trinajstić information content (AvgIpc) is 2.90. The summed E-state index contributed by atoms with van der Waals surface area (Å²) in [6.45, 7) is 6.99. The van der Waals surface area contributed by atoms with Crippen LogP contribution in [0.1, 0.15) is 17.5 Å². The topological polar surface area (TPSA) is 15.7 Å². The predicted octanol–water partition coefficient (Wildman–Crippen LogP) is 1.80. The summed E-state index contributed by atoms with van der Waals surface area (Å²) < 4.78 is 5.63. The molecule has 0 saturated carbocycles. The van der Waals surface area contributed by atoms with Gasteiger partial charge in [0.05, 0.1) is 6.61 Å². The van der Waals surface area contributed by atoms with Crippen LogP contribution in [-0.4, -0.2) is 56.2 Å². The molecule has 1 aromatic carbocycles. The number of piperazine rings is 1. The highest BCUT2D eigenvalue weighted by Crippen LogP contribution is 2.28. The molecule has 0 radical (unpaired) electrons. The zero-order valence-electron chi connectivity index (χ0n) is 11.9. The normalized spacial score (nSPS) is 20.3. The summed E-state index contributed by atoms with van der Waals surface area (Å²) >= 11 is 0. The first-order valence-corrected chi connectivity index (χ1v) is 7.47. The molecule has 2 heterocycles. The fourth-order valence-corrected chi connectivity index (χ4v) is 3.09. The van der Waals surface area contributed by atoms with Gasteiger partial charge in [-0.25, -0.2) is 0 Å². The average molecular weight is 260 g/mol. The number of benzene rings is 1. The lowest BCUT2D eigenvalue weighted by atomic mass is 10.0. The van der Waals surface area contributed by atoms with E-state index in [2.05, 4.69) is 35.0 Å². The molecule has 3 heteroatoms. The Morgan fingerprint density at radius 3 is 2.84 bits per heavy atom. The summed E-state index contributed by atoms with van der Waals surface area (Å²) in [7, 11) is 2.21. The van der Waals surface area contributed by atoms with Crippen molar-refractivity contribution < 1.29 is 4.74 Å². The minimum absolute atomic E-state index is 0.866. The minimum Gasteiger partial charge on any atom is -0.493 e. The van der Waals surface area contributed by atoms with E-state index in [1.54, 1.807) is 0 Å². The van der Waals surface area contributed by atoms with Gasteiger partial charge in [-0.1, -0.05) is 12.1 Å². The van der Waals surface area contributed by atoms with Gasteiger partial charge in [-0.05, 0) is 38.1 Å². The van der Waals surface area contributed by atoms with Gasteiger partial charge in [0, 0.05) is 38.2 Å². The molecule has 0 unspecified atom stereocenters. The number of likely N-dealkylation sites (N-methyl/N-ethyl adjacent to an activating group) is 1. The van der Waals surface area contributed by atoms with Crippen molar-refractivity contribution in [3.63, 3.8) is 0 Å². The van der Waals surface area contributed by atoms with Gasteiger partial charge in [0.2, 0.25) is 0 Å². The Bertz CT molecular complexity index is 425. The first kappa shape index (κ1) is 12.9. The number of aryl methyl sites for hydroxylation is 1. The van der Waals surface area contributed by atoms with Crippen LogP contribution in [0.25, 0.3) is 0 Å².